The Kier molecular flexibility index (Phi) is 3.88. The summed E-state index contributed by atoms with van der Waals surface area (Å²) in [7, 11) is 0. The van der Waals surface area contributed by atoms with Gasteiger partial charge in [0.05, 0.1) is 6.04 Å². The maximum atomic E-state index is 11.6. The molecule has 2 heterocycles. The monoisotopic (exact) mass is 219 g/mol. The molecule has 1 aromatic rings. The second kappa shape index (κ2) is 5.61. The first kappa shape index (κ1) is 11.1. The van der Waals surface area contributed by atoms with Gasteiger partial charge >= 0.3 is 0 Å². The highest BCUT2D eigenvalue weighted by Gasteiger charge is 2.21. The lowest BCUT2D eigenvalue weighted by Gasteiger charge is -2.10. The number of aromatic nitrogens is 1. The predicted molar refractivity (Wildman–Crippen MR) is 62.0 cm³/mol. The minimum absolute atomic E-state index is 0.0173. The van der Waals surface area contributed by atoms with Gasteiger partial charge in [-0.1, -0.05) is 6.07 Å². The van der Waals surface area contributed by atoms with E-state index in [0.717, 1.165) is 31.5 Å². The Bertz CT molecular complexity index is 333. The van der Waals surface area contributed by atoms with Crippen molar-refractivity contribution in [3.63, 3.8) is 0 Å². The van der Waals surface area contributed by atoms with Crippen molar-refractivity contribution in [3.05, 3.63) is 30.1 Å². The largest absolute Gasteiger partial charge is 0.354 e. The van der Waals surface area contributed by atoms with Crippen molar-refractivity contribution in [1.29, 1.82) is 0 Å². The molecule has 86 valence electrons. The number of amides is 1. The summed E-state index contributed by atoms with van der Waals surface area (Å²) in [5.74, 6) is 0.119. The average molecular weight is 219 g/mol. The Morgan fingerprint density at radius 1 is 1.56 bits per heavy atom. The van der Waals surface area contributed by atoms with Crippen LogP contribution < -0.4 is 10.6 Å². The molecular formula is C12H17N3O. The molecule has 4 heteroatoms. The molecule has 1 atom stereocenters. The molecule has 1 saturated heterocycles. The summed E-state index contributed by atoms with van der Waals surface area (Å²) in [5.41, 5.74) is 1.02. The molecular weight excluding hydrogens is 202 g/mol. The van der Waals surface area contributed by atoms with Gasteiger partial charge in [-0.15, -0.1) is 0 Å². The normalized spacial score (nSPS) is 19.6. The Morgan fingerprint density at radius 2 is 2.50 bits per heavy atom. The van der Waals surface area contributed by atoms with Gasteiger partial charge in [0.25, 0.3) is 0 Å². The van der Waals surface area contributed by atoms with Crippen molar-refractivity contribution in [2.24, 2.45) is 0 Å². The van der Waals surface area contributed by atoms with E-state index >= 15 is 0 Å². The van der Waals surface area contributed by atoms with Gasteiger partial charge in [-0.05, 0) is 31.5 Å². The molecule has 0 bridgehead atoms. The zero-order chi connectivity index (χ0) is 11.2. The number of hydrogen-bond acceptors (Lipinski definition) is 3. The number of carbonyl (C=O) groups is 1. The average Bonchev–Trinajstić information content (AvgIpc) is 2.84. The first-order valence-corrected chi connectivity index (χ1v) is 5.77. The summed E-state index contributed by atoms with van der Waals surface area (Å²) >= 11 is 0. The topological polar surface area (TPSA) is 54.0 Å². The summed E-state index contributed by atoms with van der Waals surface area (Å²) in [6, 6.07) is 5.84. The quantitative estimate of drug-likeness (QED) is 0.775. The maximum absolute atomic E-state index is 11.6. The molecule has 1 aliphatic rings. The summed E-state index contributed by atoms with van der Waals surface area (Å²) in [5, 5.41) is 6.11. The Balaban J connectivity index is 1.70. The van der Waals surface area contributed by atoms with Crippen LogP contribution in [0.25, 0.3) is 0 Å². The highest BCUT2D eigenvalue weighted by molar-refractivity contribution is 5.81. The zero-order valence-electron chi connectivity index (χ0n) is 9.28. The summed E-state index contributed by atoms with van der Waals surface area (Å²) in [6.45, 7) is 1.62. The summed E-state index contributed by atoms with van der Waals surface area (Å²) < 4.78 is 0. The van der Waals surface area contributed by atoms with Gasteiger partial charge in [-0.25, -0.2) is 0 Å². The third kappa shape index (κ3) is 3.03. The van der Waals surface area contributed by atoms with Gasteiger partial charge in [-0.3, -0.25) is 9.78 Å². The van der Waals surface area contributed by atoms with Crippen LogP contribution in [0.1, 0.15) is 18.5 Å². The third-order valence-electron chi connectivity index (χ3n) is 2.78. The summed E-state index contributed by atoms with van der Waals surface area (Å²) in [6.07, 6.45) is 4.61. The molecule has 0 aromatic carbocycles. The van der Waals surface area contributed by atoms with Gasteiger partial charge in [0.15, 0.2) is 0 Å². The minimum atomic E-state index is 0.0173. The van der Waals surface area contributed by atoms with Gasteiger partial charge in [0.1, 0.15) is 0 Å². The van der Waals surface area contributed by atoms with Gasteiger partial charge in [-0.2, -0.15) is 0 Å². The van der Waals surface area contributed by atoms with E-state index in [1.54, 1.807) is 6.20 Å². The number of pyridine rings is 1. The van der Waals surface area contributed by atoms with Crippen LogP contribution in [0.2, 0.25) is 0 Å². The van der Waals surface area contributed by atoms with Crippen LogP contribution in [0.3, 0.4) is 0 Å². The van der Waals surface area contributed by atoms with E-state index in [-0.39, 0.29) is 11.9 Å². The van der Waals surface area contributed by atoms with Crippen LogP contribution in [-0.2, 0) is 11.2 Å². The smallest absolute Gasteiger partial charge is 0.237 e. The molecule has 1 unspecified atom stereocenters. The highest BCUT2D eigenvalue weighted by atomic mass is 16.2. The number of rotatable bonds is 4. The second-order valence-corrected chi connectivity index (χ2v) is 4.01. The van der Waals surface area contributed by atoms with Gasteiger partial charge in [0, 0.05) is 24.9 Å². The first-order valence-electron chi connectivity index (χ1n) is 5.77. The fourth-order valence-electron chi connectivity index (χ4n) is 1.89. The highest BCUT2D eigenvalue weighted by Crippen LogP contribution is 2.04. The first-order chi connectivity index (χ1) is 7.86. The van der Waals surface area contributed by atoms with Gasteiger partial charge in [0.2, 0.25) is 5.91 Å². The molecule has 0 spiro atoms. The van der Waals surface area contributed by atoms with Crippen molar-refractivity contribution in [2.75, 3.05) is 13.1 Å². The van der Waals surface area contributed by atoms with Crippen molar-refractivity contribution in [1.82, 2.24) is 15.6 Å². The van der Waals surface area contributed by atoms with E-state index in [9.17, 15) is 4.79 Å². The number of nitrogens with zero attached hydrogens (tertiary/aromatic N) is 1. The van der Waals surface area contributed by atoms with Crippen LogP contribution in [0.15, 0.2) is 24.4 Å². The van der Waals surface area contributed by atoms with E-state index in [0.29, 0.717) is 6.54 Å². The lowest BCUT2D eigenvalue weighted by atomic mass is 10.2. The molecule has 4 nitrogen and oxygen atoms in total. The molecule has 2 rings (SSSR count). The molecule has 1 aliphatic heterocycles. The van der Waals surface area contributed by atoms with Crippen LogP contribution in [-0.4, -0.2) is 30.0 Å². The molecule has 2 N–H and O–H groups in total. The Morgan fingerprint density at radius 3 is 3.19 bits per heavy atom. The molecule has 0 radical (unpaired) electrons. The zero-order valence-corrected chi connectivity index (χ0v) is 9.28. The van der Waals surface area contributed by atoms with E-state index in [1.165, 1.54) is 0 Å². The Labute approximate surface area is 95.5 Å². The van der Waals surface area contributed by atoms with Crippen molar-refractivity contribution in [2.45, 2.75) is 25.3 Å². The molecule has 0 aliphatic carbocycles. The summed E-state index contributed by atoms with van der Waals surface area (Å²) in [4.78, 5) is 15.8. The third-order valence-corrected chi connectivity index (χ3v) is 2.78. The molecule has 0 saturated carbocycles. The fourth-order valence-corrected chi connectivity index (χ4v) is 1.89. The van der Waals surface area contributed by atoms with E-state index in [1.807, 2.05) is 18.2 Å². The van der Waals surface area contributed by atoms with E-state index in [4.69, 9.17) is 0 Å². The molecule has 1 fully saturated rings. The minimum Gasteiger partial charge on any atom is -0.354 e. The van der Waals surface area contributed by atoms with E-state index < -0.39 is 0 Å². The van der Waals surface area contributed by atoms with Crippen molar-refractivity contribution in [3.8, 4) is 0 Å². The number of hydrogen-bond donors (Lipinski definition) is 2. The van der Waals surface area contributed by atoms with Crippen LogP contribution in [0, 0.1) is 0 Å². The predicted octanol–water partition coefficient (Wildman–Crippen LogP) is 0.492. The molecule has 16 heavy (non-hydrogen) atoms. The van der Waals surface area contributed by atoms with Crippen molar-refractivity contribution >= 4 is 5.91 Å². The second-order valence-electron chi connectivity index (χ2n) is 4.01. The van der Waals surface area contributed by atoms with Crippen molar-refractivity contribution < 1.29 is 4.79 Å². The molecule has 1 aromatic heterocycles. The standard InChI is InChI=1S/C12H17N3O/c16-12(11-5-3-8-14-11)15-9-6-10-4-1-2-7-13-10/h1-2,4,7,11,14H,3,5-6,8-9H2,(H,15,16). The molecule has 1 amide bonds. The SMILES string of the molecule is O=C(NCCc1ccccn1)C1CCCN1. The van der Waals surface area contributed by atoms with Gasteiger partial charge < -0.3 is 10.6 Å². The van der Waals surface area contributed by atoms with Crippen LogP contribution >= 0.6 is 0 Å². The lowest BCUT2D eigenvalue weighted by molar-refractivity contribution is -0.122. The Hall–Kier alpha value is -1.42. The maximum Gasteiger partial charge on any atom is 0.237 e. The fraction of sp³-hybridized carbons (Fsp3) is 0.500. The van der Waals surface area contributed by atoms with E-state index in [2.05, 4.69) is 15.6 Å². The number of carbonyl (C=O) groups excluding carboxylic acids is 1. The lowest BCUT2D eigenvalue weighted by Crippen LogP contribution is -2.41. The number of nitrogens with one attached hydrogen (secondary N) is 2. The van der Waals surface area contributed by atoms with Crippen LogP contribution in [0.4, 0.5) is 0 Å². The van der Waals surface area contributed by atoms with Crippen LogP contribution in [0.5, 0.6) is 0 Å².